The van der Waals surface area contributed by atoms with Gasteiger partial charge in [0.25, 0.3) is 0 Å². The first-order valence-electron chi connectivity index (χ1n) is 6.74. The van der Waals surface area contributed by atoms with E-state index in [9.17, 15) is 0 Å². The molecular weight excluding hydrogens is 236 g/mol. The van der Waals surface area contributed by atoms with Crippen LogP contribution in [-0.2, 0) is 0 Å². The normalized spacial score (nSPS) is 22.4. The second-order valence-corrected chi connectivity index (χ2v) is 5.56. The summed E-state index contributed by atoms with van der Waals surface area (Å²) in [4.78, 5) is 0. The van der Waals surface area contributed by atoms with Crippen molar-refractivity contribution in [1.29, 1.82) is 0 Å². The molecule has 0 radical (unpaired) electrons. The zero-order valence-electron chi connectivity index (χ0n) is 10.1. The predicted molar refractivity (Wildman–Crippen MR) is 67.6 cm³/mol. The zero-order valence-corrected chi connectivity index (χ0v) is 10.8. The summed E-state index contributed by atoms with van der Waals surface area (Å²) in [5.41, 5.74) is 0. The quantitative estimate of drug-likeness (QED) is 0.816. The lowest BCUT2D eigenvalue weighted by molar-refractivity contribution is 0.154. The fraction of sp³-hybridized carbons (Fsp3) is 0.769. The lowest BCUT2D eigenvalue weighted by Gasteiger charge is -2.26. The van der Waals surface area contributed by atoms with Gasteiger partial charge in [-0.15, -0.1) is 0 Å². The van der Waals surface area contributed by atoms with Crippen molar-refractivity contribution >= 4 is 11.6 Å². The summed E-state index contributed by atoms with van der Waals surface area (Å²) in [5.74, 6) is 0.783. The Labute approximate surface area is 107 Å². The van der Waals surface area contributed by atoms with Crippen LogP contribution in [0.4, 0.5) is 0 Å². The maximum Gasteiger partial charge on any atom is 0.176 e. The number of hydrogen-bond acceptors (Lipinski definition) is 2. The number of nitrogens with zero attached hydrogens (tertiary/aromatic N) is 2. The van der Waals surface area contributed by atoms with Gasteiger partial charge >= 0.3 is 0 Å². The molecule has 3 nitrogen and oxygen atoms in total. The number of halogens is 1. The van der Waals surface area contributed by atoms with Crippen molar-refractivity contribution in [2.24, 2.45) is 0 Å². The van der Waals surface area contributed by atoms with Gasteiger partial charge in [0, 0.05) is 0 Å². The molecule has 1 aromatic rings. The molecule has 0 aliphatic heterocycles. The molecule has 1 aromatic heterocycles. The molecule has 2 saturated carbocycles. The second kappa shape index (κ2) is 4.89. The van der Waals surface area contributed by atoms with Crippen LogP contribution >= 0.6 is 11.6 Å². The zero-order chi connectivity index (χ0) is 11.7. The average Bonchev–Trinajstić information content (AvgIpc) is 2.61. The van der Waals surface area contributed by atoms with Crippen LogP contribution in [0.3, 0.4) is 0 Å². The highest BCUT2D eigenvalue weighted by atomic mass is 35.5. The summed E-state index contributed by atoms with van der Waals surface area (Å²) in [6.45, 7) is 0. The Morgan fingerprint density at radius 2 is 1.88 bits per heavy atom. The van der Waals surface area contributed by atoms with Gasteiger partial charge in [-0.05, 0) is 44.9 Å². The fourth-order valence-electron chi connectivity index (χ4n) is 2.66. The molecule has 2 aliphatic carbocycles. The van der Waals surface area contributed by atoms with Crippen molar-refractivity contribution in [3.05, 3.63) is 11.3 Å². The van der Waals surface area contributed by atoms with Crippen molar-refractivity contribution in [2.45, 2.75) is 63.5 Å². The van der Waals surface area contributed by atoms with E-state index in [-0.39, 0.29) is 0 Å². The highest BCUT2D eigenvalue weighted by Crippen LogP contribution is 2.37. The molecule has 0 bridgehead atoms. The summed E-state index contributed by atoms with van der Waals surface area (Å²) < 4.78 is 7.90. The van der Waals surface area contributed by atoms with E-state index < -0.39 is 0 Å². The number of hydrogen-bond donors (Lipinski definition) is 0. The highest BCUT2D eigenvalue weighted by Gasteiger charge is 2.25. The third-order valence-corrected chi connectivity index (χ3v) is 4.33. The maximum atomic E-state index is 6.33. The van der Waals surface area contributed by atoms with E-state index in [2.05, 4.69) is 5.10 Å². The van der Waals surface area contributed by atoms with Crippen molar-refractivity contribution in [3.63, 3.8) is 0 Å². The minimum atomic E-state index is 0.347. The number of rotatable bonds is 3. The van der Waals surface area contributed by atoms with E-state index in [0.29, 0.717) is 17.3 Å². The maximum absolute atomic E-state index is 6.33. The molecule has 2 fully saturated rings. The number of aromatic nitrogens is 2. The molecule has 0 unspecified atom stereocenters. The van der Waals surface area contributed by atoms with Crippen LogP contribution in [0, 0.1) is 0 Å². The fourth-order valence-corrected chi connectivity index (χ4v) is 2.93. The summed E-state index contributed by atoms with van der Waals surface area (Å²) >= 11 is 6.33. The molecule has 94 valence electrons. The number of ether oxygens (including phenoxy) is 1. The van der Waals surface area contributed by atoms with E-state index in [1.807, 2.05) is 4.68 Å². The van der Waals surface area contributed by atoms with Crippen LogP contribution in [0.25, 0.3) is 0 Å². The summed E-state index contributed by atoms with van der Waals surface area (Å²) in [5, 5.41) is 5.06. The van der Waals surface area contributed by atoms with Crippen molar-refractivity contribution in [3.8, 4) is 5.75 Å². The van der Waals surface area contributed by atoms with Gasteiger partial charge in [-0.1, -0.05) is 18.0 Å². The topological polar surface area (TPSA) is 27.1 Å². The van der Waals surface area contributed by atoms with Gasteiger partial charge < -0.3 is 4.74 Å². The lowest BCUT2D eigenvalue weighted by atomic mass is 9.93. The minimum Gasteiger partial charge on any atom is -0.486 e. The summed E-state index contributed by atoms with van der Waals surface area (Å²) in [6.07, 6.45) is 12.0. The Balaban J connectivity index is 1.67. The molecule has 3 rings (SSSR count). The van der Waals surface area contributed by atoms with E-state index in [1.165, 1.54) is 38.5 Å². The molecule has 0 saturated heterocycles. The standard InChI is InChI=1S/C13H19ClN2O/c14-13-12(17-11-7-2-1-3-8-11)9-15-16(13)10-5-4-6-10/h9-11H,1-8H2. The predicted octanol–water partition coefficient (Wildman–Crippen LogP) is 3.97. The van der Waals surface area contributed by atoms with E-state index in [4.69, 9.17) is 16.3 Å². The van der Waals surface area contributed by atoms with Crippen LogP contribution in [0.15, 0.2) is 6.20 Å². The van der Waals surface area contributed by atoms with Gasteiger partial charge in [0.05, 0.1) is 18.3 Å². The van der Waals surface area contributed by atoms with E-state index in [1.54, 1.807) is 6.20 Å². The summed E-state index contributed by atoms with van der Waals surface area (Å²) in [7, 11) is 0. The van der Waals surface area contributed by atoms with Gasteiger partial charge in [-0.25, -0.2) is 4.68 Å². The van der Waals surface area contributed by atoms with Gasteiger partial charge in [-0.2, -0.15) is 5.10 Å². The molecule has 1 heterocycles. The van der Waals surface area contributed by atoms with Crippen LogP contribution in [0.5, 0.6) is 5.75 Å². The highest BCUT2D eigenvalue weighted by molar-refractivity contribution is 6.31. The second-order valence-electron chi connectivity index (χ2n) is 5.21. The average molecular weight is 255 g/mol. The van der Waals surface area contributed by atoms with Crippen molar-refractivity contribution in [2.75, 3.05) is 0 Å². The van der Waals surface area contributed by atoms with Gasteiger partial charge in [-0.3, -0.25) is 0 Å². The molecular formula is C13H19ClN2O. The first-order valence-corrected chi connectivity index (χ1v) is 7.12. The molecule has 2 aliphatic rings. The minimum absolute atomic E-state index is 0.347. The van der Waals surface area contributed by atoms with Crippen LogP contribution in [0.1, 0.15) is 57.4 Å². The van der Waals surface area contributed by atoms with Crippen LogP contribution in [0.2, 0.25) is 5.15 Å². The van der Waals surface area contributed by atoms with Gasteiger partial charge in [0.15, 0.2) is 10.9 Å². The van der Waals surface area contributed by atoms with Gasteiger partial charge in [0.1, 0.15) is 0 Å². The molecule has 17 heavy (non-hydrogen) atoms. The first-order chi connectivity index (χ1) is 8.34. The molecule has 0 spiro atoms. The molecule has 0 aromatic carbocycles. The van der Waals surface area contributed by atoms with E-state index in [0.717, 1.165) is 18.6 Å². The molecule has 0 N–H and O–H groups in total. The van der Waals surface area contributed by atoms with Gasteiger partial charge in [0.2, 0.25) is 0 Å². The Morgan fingerprint density at radius 1 is 1.12 bits per heavy atom. The summed E-state index contributed by atoms with van der Waals surface area (Å²) in [6, 6.07) is 0.506. The SMILES string of the molecule is Clc1c(OC2CCCCC2)cnn1C1CCC1. The molecule has 0 amide bonds. The van der Waals surface area contributed by atoms with Crippen molar-refractivity contribution < 1.29 is 4.74 Å². The Kier molecular flexibility index (Phi) is 3.28. The first kappa shape index (κ1) is 11.4. The van der Waals surface area contributed by atoms with E-state index >= 15 is 0 Å². The monoisotopic (exact) mass is 254 g/mol. The van der Waals surface area contributed by atoms with Crippen molar-refractivity contribution in [1.82, 2.24) is 9.78 Å². The molecule has 4 heteroatoms. The Hall–Kier alpha value is -0.700. The molecule has 0 atom stereocenters. The lowest BCUT2D eigenvalue weighted by Crippen LogP contribution is -2.20. The third-order valence-electron chi connectivity index (χ3n) is 3.97. The smallest absolute Gasteiger partial charge is 0.176 e. The Bertz CT molecular complexity index is 381. The Morgan fingerprint density at radius 3 is 2.53 bits per heavy atom. The van der Waals surface area contributed by atoms with Crippen LogP contribution < -0.4 is 4.74 Å². The van der Waals surface area contributed by atoms with Crippen LogP contribution in [-0.4, -0.2) is 15.9 Å². The largest absolute Gasteiger partial charge is 0.486 e. The third kappa shape index (κ3) is 2.30.